The molecule has 0 fully saturated rings. The van der Waals surface area contributed by atoms with Gasteiger partial charge in [0, 0.05) is 11.3 Å². The zero-order valence-electron chi connectivity index (χ0n) is 12.4. The number of thiazole rings is 1. The van der Waals surface area contributed by atoms with Gasteiger partial charge in [-0.15, -0.1) is 11.3 Å². The molecule has 2 aromatic rings. The van der Waals surface area contributed by atoms with Crippen LogP contribution in [0.2, 0.25) is 0 Å². The fourth-order valence-corrected chi connectivity index (χ4v) is 2.82. The van der Waals surface area contributed by atoms with E-state index in [9.17, 15) is 9.18 Å². The van der Waals surface area contributed by atoms with Crippen LogP contribution < -0.4 is 5.32 Å². The molecule has 1 aromatic carbocycles. The Kier molecular flexibility index (Phi) is 5.07. The van der Waals surface area contributed by atoms with Crippen LogP contribution in [0.15, 0.2) is 29.6 Å². The van der Waals surface area contributed by atoms with Crippen molar-refractivity contribution in [2.24, 2.45) is 5.92 Å². The summed E-state index contributed by atoms with van der Waals surface area (Å²) in [6.07, 6.45) is 0.506. The molecule has 1 unspecified atom stereocenters. The van der Waals surface area contributed by atoms with Crippen molar-refractivity contribution in [3.63, 3.8) is 0 Å². The van der Waals surface area contributed by atoms with Crippen LogP contribution in [0.4, 0.5) is 9.52 Å². The van der Waals surface area contributed by atoms with Crippen molar-refractivity contribution >= 4 is 22.4 Å². The number of halogens is 1. The van der Waals surface area contributed by atoms with Crippen LogP contribution in [0.1, 0.15) is 37.9 Å². The maximum atomic E-state index is 13.1. The van der Waals surface area contributed by atoms with Gasteiger partial charge in [-0.2, -0.15) is 0 Å². The average molecular weight is 306 g/mol. The van der Waals surface area contributed by atoms with Crippen LogP contribution in [-0.2, 0) is 11.2 Å². The molecule has 1 atom stereocenters. The molecule has 0 spiro atoms. The lowest BCUT2D eigenvalue weighted by molar-refractivity contribution is -0.119. The molecule has 21 heavy (non-hydrogen) atoms. The van der Waals surface area contributed by atoms with E-state index in [4.69, 9.17) is 0 Å². The van der Waals surface area contributed by atoms with Gasteiger partial charge >= 0.3 is 0 Å². The molecule has 0 saturated heterocycles. The number of anilines is 1. The average Bonchev–Trinajstić information content (AvgIpc) is 2.87. The van der Waals surface area contributed by atoms with E-state index in [-0.39, 0.29) is 17.6 Å². The van der Waals surface area contributed by atoms with Gasteiger partial charge in [0.2, 0.25) is 5.91 Å². The van der Waals surface area contributed by atoms with E-state index >= 15 is 0 Å². The Morgan fingerprint density at radius 1 is 1.38 bits per heavy atom. The second kappa shape index (κ2) is 6.80. The normalized spacial score (nSPS) is 12.4. The van der Waals surface area contributed by atoms with Crippen molar-refractivity contribution in [3.8, 4) is 0 Å². The van der Waals surface area contributed by atoms with Crippen LogP contribution >= 0.6 is 11.3 Å². The third kappa shape index (κ3) is 4.36. The van der Waals surface area contributed by atoms with Gasteiger partial charge in [-0.05, 0) is 30.0 Å². The number of aromatic nitrogens is 1. The Morgan fingerprint density at radius 3 is 2.76 bits per heavy atom. The van der Waals surface area contributed by atoms with E-state index in [1.54, 1.807) is 6.07 Å². The highest BCUT2D eigenvalue weighted by atomic mass is 32.1. The minimum Gasteiger partial charge on any atom is -0.302 e. The third-order valence-electron chi connectivity index (χ3n) is 3.22. The van der Waals surface area contributed by atoms with Gasteiger partial charge in [-0.25, -0.2) is 9.37 Å². The maximum absolute atomic E-state index is 13.1. The molecule has 1 amide bonds. The van der Waals surface area contributed by atoms with Crippen molar-refractivity contribution in [1.29, 1.82) is 0 Å². The number of amides is 1. The second-order valence-electron chi connectivity index (χ2n) is 5.46. The number of benzene rings is 1. The Balaban J connectivity index is 1.95. The molecular weight excluding hydrogens is 287 g/mol. The molecule has 0 saturated carbocycles. The van der Waals surface area contributed by atoms with E-state index < -0.39 is 0 Å². The lowest BCUT2D eigenvalue weighted by atomic mass is 10.0. The molecule has 1 N–H and O–H groups in total. The van der Waals surface area contributed by atoms with E-state index in [1.807, 2.05) is 18.4 Å². The summed E-state index contributed by atoms with van der Waals surface area (Å²) in [6.45, 7) is 5.96. The second-order valence-corrected chi connectivity index (χ2v) is 6.31. The molecule has 0 aliphatic heterocycles. The molecule has 0 aliphatic carbocycles. The summed E-state index contributed by atoms with van der Waals surface area (Å²) in [5.41, 5.74) is 1.80. The van der Waals surface area contributed by atoms with Gasteiger partial charge < -0.3 is 5.32 Å². The summed E-state index contributed by atoms with van der Waals surface area (Å²) >= 11 is 1.43. The lowest BCUT2D eigenvalue weighted by Crippen LogP contribution is -2.22. The van der Waals surface area contributed by atoms with Crippen molar-refractivity contribution in [3.05, 3.63) is 46.7 Å². The molecule has 2 rings (SSSR count). The van der Waals surface area contributed by atoms with E-state index in [2.05, 4.69) is 24.1 Å². The lowest BCUT2D eigenvalue weighted by Gasteiger charge is -2.10. The Morgan fingerprint density at radius 2 is 2.14 bits per heavy atom. The van der Waals surface area contributed by atoms with E-state index in [1.165, 1.54) is 23.5 Å². The van der Waals surface area contributed by atoms with Crippen LogP contribution in [0.5, 0.6) is 0 Å². The maximum Gasteiger partial charge on any atom is 0.229 e. The SMILES string of the molecule is CC(Cc1cccc(F)c1)C(=O)Nc1nc(C(C)C)cs1. The number of carbonyl (C=O) groups is 1. The number of nitrogens with one attached hydrogen (secondary N) is 1. The van der Waals surface area contributed by atoms with Crippen LogP contribution in [0.25, 0.3) is 0 Å². The van der Waals surface area contributed by atoms with E-state index in [0.717, 1.165) is 11.3 Å². The molecule has 3 nitrogen and oxygen atoms in total. The van der Waals surface area contributed by atoms with E-state index in [0.29, 0.717) is 17.5 Å². The van der Waals surface area contributed by atoms with Gasteiger partial charge in [0.1, 0.15) is 5.82 Å². The summed E-state index contributed by atoms with van der Waals surface area (Å²) in [6, 6.07) is 6.35. The molecule has 112 valence electrons. The van der Waals surface area contributed by atoms with Gasteiger partial charge in [0.15, 0.2) is 5.13 Å². The molecule has 0 aliphatic rings. The smallest absolute Gasteiger partial charge is 0.229 e. The van der Waals surface area contributed by atoms with Crippen molar-refractivity contribution in [2.75, 3.05) is 5.32 Å². The zero-order valence-corrected chi connectivity index (χ0v) is 13.2. The summed E-state index contributed by atoms with van der Waals surface area (Å²) in [5, 5.41) is 5.40. The van der Waals surface area contributed by atoms with Crippen molar-refractivity contribution in [2.45, 2.75) is 33.1 Å². The monoisotopic (exact) mass is 306 g/mol. The summed E-state index contributed by atoms with van der Waals surface area (Å²) in [7, 11) is 0. The fourth-order valence-electron chi connectivity index (χ4n) is 1.95. The Hall–Kier alpha value is -1.75. The number of hydrogen-bond donors (Lipinski definition) is 1. The predicted molar refractivity (Wildman–Crippen MR) is 84.1 cm³/mol. The summed E-state index contributed by atoms with van der Waals surface area (Å²) in [4.78, 5) is 16.5. The first kappa shape index (κ1) is 15.6. The first-order valence-corrected chi connectivity index (χ1v) is 7.84. The molecule has 0 bridgehead atoms. The van der Waals surface area contributed by atoms with Gasteiger partial charge in [0.05, 0.1) is 5.69 Å². The minimum absolute atomic E-state index is 0.0936. The third-order valence-corrected chi connectivity index (χ3v) is 4.00. The number of carbonyl (C=O) groups excluding carboxylic acids is 1. The highest BCUT2D eigenvalue weighted by Gasteiger charge is 2.16. The quantitative estimate of drug-likeness (QED) is 0.898. The van der Waals surface area contributed by atoms with Crippen LogP contribution in [0.3, 0.4) is 0 Å². The summed E-state index contributed by atoms with van der Waals surface area (Å²) < 4.78 is 13.1. The standard InChI is InChI=1S/C16H19FN2OS/c1-10(2)14-9-21-16(18-14)19-15(20)11(3)7-12-5-4-6-13(17)8-12/h4-6,8-11H,7H2,1-3H3,(H,18,19,20). The van der Waals surface area contributed by atoms with Crippen LogP contribution in [-0.4, -0.2) is 10.9 Å². The highest BCUT2D eigenvalue weighted by Crippen LogP contribution is 2.22. The molecule has 1 aromatic heterocycles. The Bertz CT molecular complexity index is 624. The number of hydrogen-bond acceptors (Lipinski definition) is 3. The minimum atomic E-state index is -0.276. The molecule has 0 radical (unpaired) electrons. The largest absolute Gasteiger partial charge is 0.302 e. The topological polar surface area (TPSA) is 42.0 Å². The summed E-state index contributed by atoms with van der Waals surface area (Å²) in [5.74, 6) is -0.264. The fraction of sp³-hybridized carbons (Fsp3) is 0.375. The van der Waals surface area contributed by atoms with Crippen molar-refractivity contribution < 1.29 is 9.18 Å². The first-order valence-electron chi connectivity index (χ1n) is 6.96. The first-order chi connectivity index (χ1) is 9.95. The highest BCUT2D eigenvalue weighted by molar-refractivity contribution is 7.13. The van der Waals surface area contributed by atoms with Crippen molar-refractivity contribution in [1.82, 2.24) is 4.98 Å². The number of nitrogens with zero attached hydrogens (tertiary/aromatic N) is 1. The number of rotatable bonds is 5. The molecule has 5 heteroatoms. The Labute approximate surface area is 128 Å². The van der Waals surface area contributed by atoms with Gasteiger partial charge in [0.25, 0.3) is 0 Å². The zero-order chi connectivity index (χ0) is 15.4. The van der Waals surface area contributed by atoms with Crippen LogP contribution in [0, 0.1) is 11.7 Å². The molecule has 1 heterocycles. The van der Waals surface area contributed by atoms with Gasteiger partial charge in [-0.1, -0.05) is 32.9 Å². The predicted octanol–water partition coefficient (Wildman–Crippen LogP) is 4.22. The van der Waals surface area contributed by atoms with Gasteiger partial charge in [-0.3, -0.25) is 4.79 Å². The molecular formula is C16H19FN2OS.